The fourth-order valence-electron chi connectivity index (χ4n) is 4.07. The van der Waals surface area contributed by atoms with Crippen molar-refractivity contribution in [2.45, 2.75) is 18.9 Å². The average Bonchev–Trinajstić information content (AvgIpc) is 2.78. The third-order valence-electron chi connectivity index (χ3n) is 5.54. The smallest absolute Gasteiger partial charge is 0.270 e. The number of fused-ring (bicyclic) bond motifs is 1. The summed E-state index contributed by atoms with van der Waals surface area (Å²) in [6.45, 7) is 1.57. The van der Waals surface area contributed by atoms with E-state index in [4.69, 9.17) is 0 Å². The molecule has 1 N–H and O–H groups in total. The van der Waals surface area contributed by atoms with Crippen molar-refractivity contribution in [3.8, 4) is 6.07 Å². The van der Waals surface area contributed by atoms with Crippen LogP contribution in [0.2, 0.25) is 0 Å². The lowest BCUT2D eigenvalue weighted by molar-refractivity contribution is 0.0972. The number of rotatable bonds is 3. The van der Waals surface area contributed by atoms with E-state index >= 15 is 0 Å². The zero-order chi connectivity index (χ0) is 20.4. The van der Waals surface area contributed by atoms with Gasteiger partial charge < -0.3 is 14.8 Å². The summed E-state index contributed by atoms with van der Waals surface area (Å²) in [5, 5.41) is 13.9. The number of pyridine rings is 1. The van der Waals surface area contributed by atoms with Crippen LogP contribution in [0.3, 0.4) is 0 Å². The first-order valence-corrected chi connectivity index (χ1v) is 9.74. The zero-order valence-electron chi connectivity index (χ0n) is 16.3. The highest BCUT2D eigenvalue weighted by Crippen LogP contribution is 2.33. The van der Waals surface area contributed by atoms with Gasteiger partial charge in [-0.3, -0.25) is 9.59 Å². The van der Waals surface area contributed by atoms with E-state index < -0.39 is 0 Å². The lowest BCUT2D eigenvalue weighted by Crippen LogP contribution is -2.47. The van der Waals surface area contributed by atoms with Gasteiger partial charge in [-0.25, -0.2) is 0 Å². The summed E-state index contributed by atoms with van der Waals surface area (Å²) >= 11 is 0. The van der Waals surface area contributed by atoms with Crippen molar-refractivity contribution in [1.82, 2.24) is 9.88 Å². The first-order valence-electron chi connectivity index (χ1n) is 9.74. The number of hydrogen-bond donors (Lipinski definition) is 1. The Kier molecular flexibility index (Phi) is 5.15. The Morgan fingerprint density at radius 3 is 2.45 bits per heavy atom. The second kappa shape index (κ2) is 7.90. The van der Waals surface area contributed by atoms with Gasteiger partial charge in [-0.15, -0.1) is 0 Å². The molecule has 3 aromatic rings. The number of nitriles is 1. The van der Waals surface area contributed by atoms with Gasteiger partial charge in [0.05, 0.1) is 11.2 Å². The van der Waals surface area contributed by atoms with Crippen molar-refractivity contribution in [3.05, 3.63) is 76.1 Å². The molecule has 1 saturated heterocycles. The molecule has 1 aromatic heterocycles. The minimum absolute atomic E-state index is 0.00835. The molecule has 2 aromatic carbocycles. The van der Waals surface area contributed by atoms with Crippen LogP contribution >= 0.6 is 0 Å². The molecule has 0 atom stereocenters. The first-order chi connectivity index (χ1) is 14.1. The minimum Gasteiger partial charge on any atom is -0.317 e. The summed E-state index contributed by atoms with van der Waals surface area (Å²) < 4.78 is 1.48. The average molecular weight is 386 g/mol. The van der Waals surface area contributed by atoms with Crippen LogP contribution in [0.4, 0.5) is 5.69 Å². The number of hydrogen-bond acceptors (Lipinski definition) is 4. The number of aromatic nitrogens is 1. The van der Waals surface area contributed by atoms with E-state index in [9.17, 15) is 14.9 Å². The molecule has 6 heteroatoms. The number of piperidine rings is 1. The van der Waals surface area contributed by atoms with Crippen molar-refractivity contribution in [2.24, 2.45) is 7.05 Å². The largest absolute Gasteiger partial charge is 0.317 e. The molecule has 0 saturated carbocycles. The summed E-state index contributed by atoms with van der Waals surface area (Å²) in [5.41, 5.74) is 1.29. The van der Waals surface area contributed by atoms with Gasteiger partial charge in [0, 0.05) is 24.0 Å². The highest BCUT2D eigenvalue weighted by atomic mass is 16.2. The Balaban J connectivity index is 2.02. The quantitative estimate of drug-likeness (QED) is 0.751. The van der Waals surface area contributed by atoms with Gasteiger partial charge in [-0.05, 0) is 44.1 Å². The minimum atomic E-state index is -0.388. The molecule has 6 nitrogen and oxygen atoms in total. The number of para-hydroxylation sites is 1. The SMILES string of the molecule is Cn1c(=O)c(C#N)c(N(C(=O)c2ccccc2)C2CCNCC2)c2ccccc21. The summed E-state index contributed by atoms with van der Waals surface area (Å²) in [6, 6.07) is 18.5. The van der Waals surface area contributed by atoms with Crippen LogP contribution in [0.1, 0.15) is 28.8 Å². The van der Waals surface area contributed by atoms with E-state index in [1.165, 1.54) is 4.57 Å². The van der Waals surface area contributed by atoms with Gasteiger partial charge in [-0.2, -0.15) is 5.26 Å². The van der Waals surface area contributed by atoms with Crippen molar-refractivity contribution in [2.75, 3.05) is 18.0 Å². The maximum atomic E-state index is 13.6. The molecule has 0 aliphatic carbocycles. The third kappa shape index (κ3) is 3.30. The van der Waals surface area contributed by atoms with E-state index in [0.717, 1.165) is 31.3 Å². The van der Waals surface area contributed by atoms with Gasteiger partial charge in [-0.1, -0.05) is 36.4 Å². The second-order valence-electron chi connectivity index (χ2n) is 7.24. The molecule has 146 valence electrons. The molecule has 0 bridgehead atoms. The number of carbonyl (C=O) groups is 1. The van der Waals surface area contributed by atoms with E-state index in [-0.39, 0.29) is 23.1 Å². The molecule has 1 aliphatic rings. The van der Waals surface area contributed by atoms with E-state index in [0.29, 0.717) is 16.8 Å². The molecule has 1 amide bonds. The Hall–Kier alpha value is -3.43. The topological polar surface area (TPSA) is 78.1 Å². The van der Waals surface area contributed by atoms with E-state index in [2.05, 4.69) is 11.4 Å². The first kappa shape index (κ1) is 18.9. The zero-order valence-corrected chi connectivity index (χ0v) is 16.3. The molecule has 2 heterocycles. The molecule has 4 rings (SSSR count). The maximum Gasteiger partial charge on any atom is 0.270 e. The third-order valence-corrected chi connectivity index (χ3v) is 5.54. The summed E-state index contributed by atoms with van der Waals surface area (Å²) in [7, 11) is 1.66. The normalized spacial score (nSPS) is 14.5. The van der Waals surface area contributed by atoms with Gasteiger partial charge >= 0.3 is 0 Å². The molecule has 0 radical (unpaired) electrons. The van der Waals surface area contributed by atoms with Crippen molar-refractivity contribution in [1.29, 1.82) is 5.26 Å². The molecule has 1 aliphatic heterocycles. The van der Waals surface area contributed by atoms with Gasteiger partial charge in [0.1, 0.15) is 11.6 Å². The van der Waals surface area contributed by atoms with Crippen molar-refractivity contribution < 1.29 is 4.79 Å². The molecule has 1 fully saturated rings. The Morgan fingerprint density at radius 1 is 1.10 bits per heavy atom. The molecular formula is C23H22N4O2. The predicted molar refractivity (Wildman–Crippen MR) is 113 cm³/mol. The number of nitrogens with one attached hydrogen (secondary N) is 1. The number of aryl methyl sites for hydroxylation is 1. The molecule has 29 heavy (non-hydrogen) atoms. The summed E-state index contributed by atoms with van der Waals surface area (Å²) in [5.74, 6) is -0.188. The Labute approximate surface area is 169 Å². The van der Waals surface area contributed by atoms with Crippen molar-refractivity contribution >= 4 is 22.5 Å². The van der Waals surface area contributed by atoms with Crippen LogP contribution in [0.15, 0.2) is 59.4 Å². The molecule has 0 unspecified atom stereocenters. The van der Waals surface area contributed by atoms with Crippen LogP contribution in [-0.2, 0) is 7.05 Å². The van der Waals surface area contributed by atoms with Gasteiger partial charge in [0.2, 0.25) is 0 Å². The number of carbonyl (C=O) groups excluding carboxylic acids is 1. The van der Waals surface area contributed by atoms with Gasteiger partial charge in [0.15, 0.2) is 0 Å². The van der Waals surface area contributed by atoms with Crippen LogP contribution in [0.5, 0.6) is 0 Å². The fraction of sp³-hybridized carbons (Fsp3) is 0.261. The standard InChI is InChI=1S/C23H22N4O2/c1-26-20-10-6-5-9-18(20)21(19(15-24)23(26)29)27(17-11-13-25-14-12-17)22(28)16-7-3-2-4-8-16/h2-10,17,25H,11-14H2,1H3. The predicted octanol–water partition coefficient (Wildman–Crippen LogP) is 2.81. The summed E-state index contributed by atoms with van der Waals surface area (Å²) in [6.07, 6.45) is 1.51. The number of nitrogens with zero attached hydrogens (tertiary/aromatic N) is 3. The fourth-order valence-corrected chi connectivity index (χ4v) is 4.07. The number of benzene rings is 2. The highest BCUT2D eigenvalue weighted by Gasteiger charge is 2.32. The van der Waals surface area contributed by atoms with Gasteiger partial charge in [0.25, 0.3) is 11.5 Å². The summed E-state index contributed by atoms with van der Waals surface area (Å²) in [4.78, 5) is 28.3. The Morgan fingerprint density at radius 2 is 1.76 bits per heavy atom. The lowest BCUT2D eigenvalue weighted by Gasteiger charge is -2.36. The Bertz CT molecular complexity index is 1160. The van der Waals surface area contributed by atoms with Crippen molar-refractivity contribution in [3.63, 3.8) is 0 Å². The number of anilines is 1. The van der Waals surface area contributed by atoms with Crippen LogP contribution in [0.25, 0.3) is 10.9 Å². The maximum absolute atomic E-state index is 13.6. The van der Waals surface area contributed by atoms with Crippen LogP contribution in [-0.4, -0.2) is 29.6 Å². The molecule has 0 spiro atoms. The monoisotopic (exact) mass is 386 g/mol. The second-order valence-corrected chi connectivity index (χ2v) is 7.24. The lowest BCUT2D eigenvalue weighted by atomic mass is 9.99. The molecular weight excluding hydrogens is 364 g/mol. The van der Waals surface area contributed by atoms with E-state index in [1.54, 1.807) is 24.1 Å². The van der Waals surface area contributed by atoms with Crippen LogP contribution < -0.4 is 15.8 Å². The van der Waals surface area contributed by atoms with Crippen LogP contribution in [0, 0.1) is 11.3 Å². The number of amides is 1. The highest BCUT2D eigenvalue weighted by molar-refractivity contribution is 6.12. The van der Waals surface area contributed by atoms with E-state index in [1.807, 2.05) is 42.5 Å².